The molecule has 2 amide bonds. The van der Waals surface area contributed by atoms with E-state index in [9.17, 15) is 9.59 Å². The van der Waals surface area contributed by atoms with Crippen LogP contribution in [0.25, 0.3) is 5.69 Å². The zero-order valence-electron chi connectivity index (χ0n) is 21.2. The lowest BCUT2D eigenvalue weighted by atomic mass is 9.97. The van der Waals surface area contributed by atoms with Crippen LogP contribution in [0.2, 0.25) is 0 Å². The van der Waals surface area contributed by atoms with Gasteiger partial charge in [0.1, 0.15) is 18.3 Å². The molecule has 0 aliphatic carbocycles. The Morgan fingerprint density at radius 2 is 1.57 bits per heavy atom. The van der Waals surface area contributed by atoms with E-state index >= 15 is 0 Å². The molecule has 0 saturated heterocycles. The Bertz CT molecular complexity index is 1380. The van der Waals surface area contributed by atoms with Gasteiger partial charge in [0.05, 0.1) is 24.2 Å². The highest BCUT2D eigenvalue weighted by molar-refractivity contribution is 6.02. The van der Waals surface area contributed by atoms with Gasteiger partial charge in [0.15, 0.2) is 0 Å². The molecule has 1 aromatic heterocycles. The van der Waals surface area contributed by atoms with E-state index in [0.29, 0.717) is 12.1 Å². The van der Waals surface area contributed by atoms with Crippen LogP contribution in [0, 0.1) is 0 Å². The molecule has 5 rings (SSSR count). The number of nitrogens with zero attached hydrogens (tertiary/aromatic N) is 3. The average molecular weight is 494 g/mol. The number of carbonyl (C=O) groups is 2. The van der Waals surface area contributed by atoms with Gasteiger partial charge in [-0.2, -0.15) is 0 Å². The number of carbonyl (C=O) groups excluding carboxylic acids is 2. The van der Waals surface area contributed by atoms with Gasteiger partial charge in [0.2, 0.25) is 5.91 Å². The number of benzene rings is 3. The molecule has 2 heterocycles. The van der Waals surface area contributed by atoms with E-state index in [1.54, 1.807) is 24.1 Å². The number of aromatic nitrogens is 1. The predicted octanol–water partition coefficient (Wildman–Crippen LogP) is 5.86. The molecule has 0 spiro atoms. The van der Waals surface area contributed by atoms with Gasteiger partial charge in [-0.1, -0.05) is 55.8 Å². The molecule has 6 nitrogen and oxygen atoms in total. The van der Waals surface area contributed by atoms with E-state index < -0.39 is 0 Å². The zero-order chi connectivity index (χ0) is 25.8. The van der Waals surface area contributed by atoms with Gasteiger partial charge in [0.25, 0.3) is 5.91 Å². The number of fused-ring (bicyclic) bond motifs is 3. The molecular weight excluding hydrogens is 462 g/mol. The topological polar surface area (TPSA) is 54.8 Å². The molecule has 0 bridgehead atoms. The quantitative estimate of drug-likeness (QED) is 0.309. The van der Waals surface area contributed by atoms with Crippen molar-refractivity contribution in [2.24, 2.45) is 0 Å². The van der Waals surface area contributed by atoms with E-state index in [0.717, 1.165) is 41.2 Å². The highest BCUT2D eigenvalue weighted by Crippen LogP contribution is 2.42. The van der Waals surface area contributed by atoms with Crippen LogP contribution in [-0.2, 0) is 4.79 Å². The third-order valence-corrected chi connectivity index (χ3v) is 6.84. The van der Waals surface area contributed by atoms with Crippen molar-refractivity contribution >= 4 is 17.5 Å². The summed E-state index contributed by atoms with van der Waals surface area (Å²) < 4.78 is 7.51. The Hall–Kier alpha value is -4.32. The molecule has 188 valence electrons. The molecular formula is C31H31N3O3. The second kappa shape index (κ2) is 10.7. The minimum atomic E-state index is -0.344. The SMILES string of the molecule is CCCCN(CC(=O)N1c2ccccc2-n2cccc2C1c1ccc(OC)cc1)C(=O)c1ccccc1. The molecule has 37 heavy (non-hydrogen) atoms. The van der Waals surface area contributed by atoms with Crippen molar-refractivity contribution in [1.29, 1.82) is 0 Å². The number of ether oxygens (including phenoxy) is 1. The summed E-state index contributed by atoms with van der Waals surface area (Å²) in [5, 5.41) is 0. The van der Waals surface area contributed by atoms with E-state index in [1.807, 2.05) is 83.9 Å². The molecule has 0 N–H and O–H groups in total. The smallest absolute Gasteiger partial charge is 0.254 e. The number of methoxy groups -OCH3 is 1. The molecule has 0 fully saturated rings. The first-order valence-electron chi connectivity index (χ1n) is 12.7. The second-order valence-electron chi connectivity index (χ2n) is 9.18. The summed E-state index contributed by atoms with van der Waals surface area (Å²) in [5.74, 6) is 0.505. The Morgan fingerprint density at radius 3 is 2.27 bits per heavy atom. The zero-order valence-corrected chi connectivity index (χ0v) is 21.2. The monoisotopic (exact) mass is 493 g/mol. The van der Waals surface area contributed by atoms with Gasteiger partial charge in [0, 0.05) is 18.3 Å². The minimum absolute atomic E-state index is 0.00454. The van der Waals surface area contributed by atoms with Crippen LogP contribution in [0.15, 0.2) is 97.2 Å². The van der Waals surface area contributed by atoms with Crippen LogP contribution < -0.4 is 9.64 Å². The Labute approximate surface area is 217 Å². The van der Waals surface area contributed by atoms with Crippen LogP contribution in [0.3, 0.4) is 0 Å². The van der Waals surface area contributed by atoms with E-state index in [-0.39, 0.29) is 24.4 Å². The predicted molar refractivity (Wildman–Crippen MR) is 145 cm³/mol. The molecule has 1 unspecified atom stereocenters. The minimum Gasteiger partial charge on any atom is -0.497 e. The van der Waals surface area contributed by atoms with Crippen molar-refractivity contribution in [3.8, 4) is 11.4 Å². The van der Waals surface area contributed by atoms with E-state index in [1.165, 1.54) is 0 Å². The first-order chi connectivity index (χ1) is 18.1. The average Bonchev–Trinajstić information content (AvgIpc) is 3.44. The highest BCUT2D eigenvalue weighted by Gasteiger charge is 2.37. The number of hydrogen-bond acceptors (Lipinski definition) is 3. The Balaban J connectivity index is 1.55. The molecule has 1 aliphatic rings. The normalized spacial score (nSPS) is 14.0. The summed E-state index contributed by atoms with van der Waals surface area (Å²) in [6.07, 6.45) is 3.79. The first-order valence-corrected chi connectivity index (χ1v) is 12.7. The number of hydrogen-bond donors (Lipinski definition) is 0. The Kier molecular flexibility index (Phi) is 7.08. The summed E-state index contributed by atoms with van der Waals surface area (Å²) in [6, 6.07) is 28.6. The summed E-state index contributed by atoms with van der Waals surface area (Å²) >= 11 is 0. The van der Waals surface area contributed by atoms with Gasteiger partial charge >= 0.3 is 0 Å². The van der Waals surface area contributed by atoms with Crippen molar-refractivity contribution in [1.82, 2.24) is 9.47 Å². The molecule has 3 aromatic carbocycles. The fraction of sp³-hybridized carbons (Fsp3) is 0.226. The van der Waals surface area contributed by atoms with Gasteiger partial charge in [-0.15, -0.1) is 0 Å². The maximum atomic E-state index is 14.2. The number of amides is 2. The highest BCUT2D eigenvalue weighted by atomic mass is 16.5. The van der Waals surface area contributed by atoms with E-state index in [2.05, 4.69) is 17.6 Å². The third-order valence-electron chi connectivity index (χ3n) is 6.84. The first kappa shape index (κ1) is 24.4. The Morgan fingerprint density at radius 1 is 0.865 bits per heavy atom. The van der Waals surface area contributed by atoms with Crippen molar-refractivity contribution in [3.63, 3.8) is 0 Å². The van der Waals surface area contributed by atoms with Crippen LogP contribution >= 0.6 is 0 Å². The third kappa shape index (κ3) is 4.75. The fourth-order valence-corrected chi connectivity index (χ4v) is 4.97. The fourth-order valence-electron chi connectivity index (χ4n) is 4.97. The maximum Gasteiger partial charge on any atom is 0.254 e. The van der Waals surface area contributed by atoms with Gasteiger partial charge in [-0.25, -0.2) is 0 Å². The lowest BCUT2D eigenvalue weighted by Crippen LogP contribution is -2.47. The molecule has 4 aromatic rings. The van der Waals surface area contributed by atoms with E-state index in [4.69, 9.17) is 4.74 Å². The van der Waals surface area contributed by atoms with Crippen LogP contribution in [0.5, 0.6) is 5.75 Å². The largest absolute Gasteiger partial charge is 0.497 e. The van der Waals surface area contributed by atoms with Gasteiger partial charge < -0.3 is 14.2 Å². The van der Waals surface area contributed by atoms with Crippen molar-refractivity contribution in [2.45, 2.75) is 25.8 Å². The van der Waals surface area contributed by atoms with Crippen molar-refractivity contribution in [2.75, 3.05) is 25.1 Å². The summed E-state index contributed by atoms with van der Waals surface area (Å²) in [4.78, 5) is 31.2. The number of rotatable bonds is 8. The lowest BCUT2D eigenvalue weighted by molar-refractivity contribution is -0.119. The lowest BCUT2D eigenvalue weighted by Gasteiger charge is -2.39. The molecule has 0 saturated carbocycles. The van der Waals surface area contributed by atoms with Crippen LogP contribution in [0.1, 0.15) is 47.4 Å². The van der Waals surface area contributed by atoms with Crippen molar-refractivity contribution < 1.29 is 14.3 Å². The number of unbranched alkanes of at least 4 members (excludes halogenated alkanes) is 1. The van der Waals surface area contributed by atoms with Crippen LogP contribution in [0.4, 0.5) is 5.69 Å². The standard InChI is InChI=1S/C31H31N3O3/c1-3-4-20-32(31(36)24-11-6-5-7-12-24)22-29(35)34-27-14-9-8-13-26(27)33-21-10-15-28(33)30(34)23-16-18-25(37-2)19-17-23/h5-19,21,30H,3-4,20,22H2,1-2H3. The molecule has 0 radical (unpaired) electrons. The molecule has 1 aliphatic heterocycles. The van der Waals surface area contributed by atoms with Crippen LogP contribution in [-0.4, -0.2) is 41.5 Å². The van der Waals surface area contributed by atoms with Gasteiger partial charge in [-0.05, 0) is 60.5 Å². The maximum absolute atomic E-state index is 14.2. The summed E-state index contributed by atoms with van der Waals surface area (Å²) in [7, 11) is 1.64. The number of anilines is 1. The molecule has 6 heteroatoms. The molecule has 1 atom stereocenters. The van der Waals surface area contributed by atoms with Gasteiger partial charge in [-0.3, -0.25) is 14.5 Å². The van der Waals surface area contributed by atoms with Crippen molar-refractivity contribution in [3.05, 3.63) is 114 Å². The summed E-state index contributed by atoms with van der Waals surface area (Å²) in [5.41, 5.74) is 4.31. The second-order valence-corrected chi connectivity index (χ2v) is 9.18. The summed E-state index contributed by atoms with van der Waals surface area (Å²) in [6.45, 7) is 2.60. The number of para-hydroxylation sites is 2.